The van der Waals surface area contributed by atoms with Crippen LogP contribution < -0.4 is 5.73 Å². The molecule has 0 fully saturated rings. The van der Waals surface area contributed by atoms with Gasteiger partial charge < -0.3 is 5.73 Å². The maximum atomic E-state index is 5.63. The molecule has 0 saturated heterocycles. The van der Waals surface area contributed by atoms with Gasteiger partial charge in [0.25, 0.3) is 0 Å². The number of nitrogens with zero attached hydrogens (tertiary/aromatic N) is 2. The fourth-order valence-corrected chi connectivity index (χ4v) is 0.988. The molecule has 0 spiro atoms. The maximum absolute atomic E-state index is 5.63. The van der Waals surface area contributed by atoms with Crippen molar-refractivity contribution in [3.05, 3.63) is 29.8 Å². The van der Waals surface area contributed by atoms with E-state index in [0.29, 0.717) is 5.88 Å². The Balaban J connectivity index is 2.69. The van der Waals surface area contributed by atoms with Gasteiger partial charge in [0.2, 0.25) is 0 Å². The third-order valence-corrected chi connectivity index (χ3v) is 1.76. The molecule has 0 aliphatic rings. The summed E-state index contributed by atoms with van der Waals surface area (Å²) in [5.74, 6) is 0.519. The van der Waals surface area contributed by atoms with Gasteiger partial charge in [-0.05, 0) is 17.7 Å². The van der Waals surface area contributed by atoms with Crippen LogP contribution in [0.25, 0.3) is 0 Å². The molecule has 1 aromatic carbocycles. The lowest BCUT2D eigenvalue weighted by molar-refractivity contribution is 1.38. The van der Waals surface area contributed by atoms with Crippen molar-refractivity contribution < 1.29 is 0 Å². The maximum Gasteiger partial charge on any atom is 0.117 e. The fraction of sp³-hybridized carbons (Fsp3) is 0.111. The van der Waals surface area contributed by atoms with Gasteiger partial charge in [-0.2, -0.15) is 0 Å². The first-order valence-electron chi connectivity index (χ1n) is 3.77. The van der Waals surface area contributed by atoms with Crippen molar-refractivity contribution in [3.8, 4) is 0 Å². The first-order chi connectivity index (χ1) is 6.36. The number of hydrogen-bond donors (Lipinski definition) is 1. The van der Waals surface area contributed by atoms with Crippen LogP contribution in [0.15, 0.2) is 34.3 Å². The van der Waals surface area contributed by atoms with E-state index in [2.05, 4.69) is 9.98 Å². The van der Waals surface area contributed by atoms with E-state index in [1.165, 1.54) is 12.7 Å². The monoisotopic (exact) mass is 195 g/mol. The summed E-state index contributed by atoms with van der Waals surface area (Å²) in [6.07, 6.45) is 2.59. The molecule has 13 heavy (non-hydrogen) atoms. The molecule has 1 rings (SSSR count). The van der Waals surface area contributed by atoms with Crippen LogP contribution in [0.2, 0.25) is 0 Å². The van der Waals surface area contributed by atoms with Crippen LogP contribution in [0.3, 0.4) is 0 Å². The second-order valence-electron chi connectivity index (χ2n) is 2.34. The molecule has 0 amide bonds. The van der Waals surface area contributed by atoms with E-state index < -0.39 is 0 Å². The van der Waals surface area contributed by atoms with Crippen molar-refractivity contribution >= 4 is 30.0 Å². The van der Waals surface area contributed by atoms with Gasteiger partial charge in [0.15, 0.2) is 0 Å². The first kappa shape index (κ1) is 9.74. The summed E-state index contributed by atoms with van der Waals surface area (Å²) in [6, 6.07) is 7.60. The third kappa shape index (κ3) is 3.25. The van der Waals surface area contributed by atoms with Crippen molar-refractivity contribution in [3.63, 3.8) is 0 Å². The predicted molar refractivity (Wildman–Crippen MR) is 56.8 cm³/mol. The highest BCUT2D eigenvalue weighted by molar-refractivity contribution is 6.17. The lowest BCUT2D eigenvalue weighted by atomic mass is 10.2. The number of benzene rings is 1. The number of alkyl halides is 1. The third-order valence-electron chi connectivity index (χ3n) is 1.45. The van der Waals surface area contributed by atoms with Gasteiger partial charge >= 0.3 is 0 Å². The average molecular weight is 196 g/mol. The van der Waals surface area contributed by atoms with Crippen LogP contribution in [-0.4, -0.2) is 12.7 Å². The highest BCUT2D eigenvalue weighted by Crippen LogP contribution is 2.13. The summed E-state index contributed by atoms with van der Waals surface area (Å²) in [6.45, 7) is 0. The summed E-state index contributed by atoms with van der Waals surface area (Å²) in [5.41, 5.74) is 6.94. The lowest BCUT2D eigenvalue weighted by Gasteiger charge is -1.94. The highest BCUT2D eigenvalue weighted by atomic mass is 35.5. The van der Waals surface area contributed by atoms with Crippen LogP contribution in [0.4, 0.5) is 5.69 Å². The van der Waals surface area contributed by atoms with Crippen LogP contribution in [0.5, 0.6) is 0 Å². The molecule has 0 heterocycles. The molecule has 0 aromatic heterocycles. The standard InChI is InChI=1S/C9H10ClN3/c10-5-8-1-3-9(4-2-8)13-7-12-6-11/h1-4,6-7H,5H2,(H2,11,12,13). The van der Waals surface area contributed by atoms with Crippen molar-refractivity contribution in [1.82, 2.24) is 0 Å². The minimum Gasteiger partial charge on any atom is -0.390 e. The van der Waals surface area contributed by atoms with Crippen molar-refractivity contribution in [2.45, 2.75) is 5.88 Å². The lowest BCUT2D eigenvalue weighted by Crippen LogP contribution is -1.87. The Bertz CT molecular complexity index is 303. The van der Waals surface area contributed by atoms with Gasteiger partial charge in [-0.1, -0.05) is 12.1 Å². The molecular formula is C9H10ClN3. The zero-order chi connectivity index (χ0) is 9.52. The highest BCUT2D eigenvalue weighted by Gasteiger charge is 1.89. The van der Waals surface area contributed by atoms with E-state index in [0.717, 1.165) is 11.3 Å². The molecule has 1 aromatic rings. The summed E-state index contributed by atoms with van der Waals surface area (Å²) in [7, 11) is 0. The Labute approximate surface area is 82.0 Å². The van der Waals surface area contributed by atoms with Crippen molar-refractivity contribution in [2.24, 2.45) is 15.7 Å². The van der Waals surface area contributed by atoms with Gasteiger partial charge in [-0.3, -0.25) is 0 Å². The molecule has 2 N–H and O–H groups in total. The van der Waals surface area contributed by atoms with E-state index in [9.17, 15) is 0 Å². The fourth-order valence-electron chi connectivity index (χ4n) is 0.810. The van der Waals surface area contributed by atoms with Crippen LogP contribution in [0, 0.1) is 0 Å². The SMILES string of the molecule is NC=NC=Nc1ccc(CCl)cc1. The Kier molecular flexibility index (Phi) is 3.99. The smallest absolute Gasteiger partial charge is 0.117 e. The molecule has 0 radical (unpaired) electrons. The molecule has 3 nitrogen and oxygen atoms in total. The Hall–Kier alpha value is -1.35. The number of halogens is 1. The van der Waals surface area contributed by atoms with E-state index in [4.69, 9.17) is 17.3 Å². The van der Waals surface area contributed by atoms with E-state index in [1.54, 1.807) is 0 Å². The number of hydrogen-bond acceptors (Lipinski definition) is 1. The second-order valence-corrected chi connectivity index (χ2v) is 2.61. The van der Waals surface area contributed by atoms with E-state index in [1.807, 2.05) is 24.3 Å². The molecule has 4 heteroatoms. The molecular weight excluding hydrogens is 186 g/mol. The number of nitrogens with two attached hydrogens (primary N) is 1. The minimum absolute atomic E-state index is 0.519. The summed E-state index contributed by atoms with van der Waals surface area (Å²) in [4.78, 5) is 7.67. The molecule has 68 valence electrons. The topological polar surface area (TPSA) is 50.7 Å². The van der Waals surface area contributed by atoms with Crippen molar-refractivity contribution in [2.75, 3.05) is 0 Å². The van der Waals surface area contributed by atoms with Gasteiger partial charge in [-0.15, -0.1) is 11.6 Å². The molecule has 0 aliphatic carbocycles. The zero-order valence-electron chi connectivity index (χ0n) is 7.02. The molecule has 0 saturated carbocycles. The molecule has 0 bridgehead atoms. The van der Waals surface area contributed by atoms with E-state index in [-0.39, 0.29) is 0 Å². The Morgan fingerprint density at radius 1 is 1.31 bits per heavy atom. The quantitative estimate of drug-likeness (QED) is 0.448. The number of rotatable bonds is 3. The second kappa shape index (κ2) is 5.32. The Morgan fingerprint density at radius 2 is 2.00 bits per heavy atom. The van der Waals surface area contributed by atoms with Crippen molar-refractivity contribution in [1.29, 1.82) is 0 Å². The van der Waals surface area contributed by atoms with E-state index >= 15 is 0 Å². The summed E-state index contributed by atoms with van der Waals surface area (Å²) in [5, 5.41) is 0. The van der Waals surface area contributed by atoms with Gasteiger partial charge in [-0.25, -0.2) is 9.98 Å². The zero-order valence-corrected chi connectivity index (χ0v) is 7.78. The first-order valence-corrected chi connectivity index (χ1v) is 4.31. The average Bonchev–Trinajstić information content (AvgIpc) is 2.19. The molecule has 0 atom stereocenters. The van der Waals surface area contributed by atoms with Crippen LogP contribution in [-0.2, 0) is 5.88 Å². The Morgan fingerprint density at radius 3 is 2.54 bits per heavy atom. The molecule has 0 unspecified atom stereocenters. The molecule has 0 aliphatic heterocycles. The van der Waals surface area contributed by atoms with Gasteiger partial charge in [0, 0.05) is 5.88 Å². The van der Waals surface area contributed by atoms with Crippen LogP contribution >= 0.6 is 11.6 Å². The summed E-state index contributed by atoms with van der Waals surface area (Å²) < 4.78 is 0. The van der Waals surface area contributed by atoms with Crippen LogP contribution in [0.1, 0.15) is 5.56 Å². The minimum atomic E-state index is 0.519. The normalized spacial score (nSPS) is 11.5. The van der Waals surface area contributed by atoms with Gasteiger partial charge in [0.1, 0.15) is 6.34 Å². The predicted octanol–water partition coefficient (Wildman–Crippen LogP) is 2.07. The summed E-state index contributed by atoms with van der Waals surface area (Å²) >= 11 is 5.63. The largest absolute Gasteiger partial charge is 0.390 e. The van der Waals surface area contributed by atoms with Gasteiger partial charge in [0.05, 0.1) is 12.0 Å². The number of aliphatic imine (C=N–C) groups is 2.